The van der Waals surface area contributed by atoms with Gasteiger partial charge in [-0.3, -0.25) is 25.1 Å². The van der Waals surface area contributed by atoms with Crippen LogP contribution in [0.3, 0.4) is 0 Å². The van der Waals surface area contributed by atoms with E-state index in [4.69, 9.17) is 4.74 Å². The lowest BCUT2D eigenvalue weighted by molar-refractivity contribution is -0.384. The van der Waals surface area contributed by atoms with E-state index in [1.807, 2.05) is 5.38 Å². The Morgan fingerprint density at radius 2 is 2.07 bits per heavy atom. The quantitative estimate of drug-likeness (QED) is 0.567. The van der Waals surface area contributed by atoms with E-state index in [-0.39, 0.29) is 23.5 Å². The Bertz CT molecular complexity index is 890. The van der Waals surface area contributed by atoms with Crippen molar-refractivity contribution >= 4 is 33.8 Å². The molecule has 1 saturated heterocycles. The number of anilines is 2. The molecule has 1 aromatic heterocycles. The predicted molar refractivity (Wildman–Crippen MR) is 113 cm³/mol. The number of hydrogen-bond donors (Lipinski definition) is 1. The third kappa shape index (κ3) is 5.28. The van der Waals surface area contributed by atoms with Gasteiger partial charge in [-0.2, -0.15) is 0 Å². The molecule has 3 rings (SSSR count). The van der Waals surface area contributed by atoms with Gasteiger partial charge in [-0.1, -0.05) is 0 Å². The first-order valence-corrected chi connectivity index (χ1v) is 10.2. The number of amides is 1. The minimum atomic E-state index is -0.488. The molecule has 2 unspecified atom stereocenters. The summed E-state index contributed by atoms with van der Waals surface area (Å²) in [6.07, 6.45) is 0.356. The van der Waals surface area contributed by atoms with Crippen molar-refractivity contribution in [2.45, 2.75) is 32.6 Å². The van der Waals surface area contributed by atoms with E-state index in [2.05, 4.69) is 29.0 Å². The van der Waals surface area contributed by atoms with Crippen LogP contribution in [0.1, 0.15) is 29.9 Å². The summed E-state index contributed by atoms with van der Waals surface area (Å²) in [6, 6.07) is 4.43. The fourth-order valence-electron chi connectivity index (χ4n) is 3.44. The van der Waals surface area contributed by atoms with Gasteiger partial charge in [-0.15, -0.1) is 11.3 Å². The van der Waals surface area contributed by atoms with Crippen LogP contribution >= 0.6 is 11.3 Å². The number of rotatable bonds is 6. The predicted octanol–water partition coefficient (Wildman–Crippen LogP) is 2.98. The summed E-state index contributed by atoms with van der Waals surface area (Å²) in [5, 5.41) is 16.4. The summed E-state index contributed by atoms with van der Waals surface area (Å²) in [6.45, 7) is 6.47. The van der Waals surface area contributed by atoms with E-state index in [0.717, 1.165) is 18.8 Å². The van der Waals surface area contributed by atoms with Crippen molar-refractivity contribution in [3.63, 3.8) is 0 Å². The molecular weight excluding hydrogens is 394 g/mol. The SMILES string of the molecule is CC1CN(Cc2csc(NC(=O)c3ccc(N(C)C)c([N+](=O)[O-])c3)n2)CC(C)O1. The number of nitrogens with zero attached hydrogens (tertiary/aromatic N) is 4. The van der Waals surface area contributed by atoms with Crippen molar-refractivity contribution in [2.24, 2.45) is 0 Å². The average Bonchev–Trinajstić information content (AvgIpc) is 3.06. The van der Waals surface area contributed by atoms with Crippen LogP contribution in [-0.4, -0.2) is 60.1 Å². The van der Waals surface area contributed by atoms with Gasteiger partial charge in [0, 0.05) is 50.7 Å². The fourth-order valence-corrected chi connectivity index (χ4v) is 4.13. The zero-order chi connectivity index (χ0) is 21.1. The molecule has 0 aliphatic carbocycles. The second-order valence-corrected chi connectivity index (χ2v) is 8.26. The number of hydrogen-bond acceptors (Lipinski definition) is 8. The van der Waals surface area contributed by atoms with Gasteiger partial charge < -0.3 is 9.64 Å². The maximum Gasteiger partial charge on any atom is 0.293 e. The largest absolute Gasteiger partial charge is 0.373 e. The summed E-state index contributed by atoms with van der Waals surface area (Å²) in [4.78, 5) is 31.8. The summed E-state index contributed by atoms with van der Waals surface area (Å²) in [5.41, 5.74) is 1.42. The number of benzene rings is 1. The molecule has 0 saturated carbocycles. The Morgan fingerprint density at radius 3 is 2.69 bits per heavy atom. The minimum absolute atomic E-state index is 0.113. The first-order valence-electron chi connectivity index (χ1n) is 9.32. The van der Waals surface area contributed by atoms with Gasteiger partial charge in [0.2, 0.25) is 0 Å². The minimum Gasteiger partial charge on any atom is -0.373 e. The maximum absolute atomic E-state index is 12.5. The lowest BCUT2D eigenvalue weighted by Crippen LogP contribution is -2.44. The van der Waals surface area contributed by atoms with Crippen LogP contribution in [0, 0.1) is 10.1 Å². The molecule has 2 heterocycles. The molecule has 2 atom stereocenters. The van der Waals surface area contributed by atoms with E-state index < -0.39 is 10.8 Å². The number of nitro groups is 1. The number of thiazole rings is 1. The number of carbonyl (C=O) groups excluding carboxylic acids is 1. The zero-order valence-corrected chi connectivity index (χ0v) is 17.7. The van der Waals surface area contributed by atoms with Crippen molar-refractivity contribution in [1.82, 2.24) is 9.88 Å². The van der Waals surface area contributed by atoms with Gasteiger partial charge in [0.25, 0.3) is 11.6 Å². The molecule has 1 N–H and O–H groups in total. The normalized spacial score (nSPS) is 19.7. The molecule has 10 heteroatoms. The van der Waals surface area contributed by atoms with Crippen molar-refractivity contribution in [2.75, 3.05) is 37.4 Å². The smallest absolute Gasteiger partial charge is 0.293 e. The van der Waals surface area contributed by atoms with Gasteiger partial charge >= 0.3 is 0 Å². The highest BCUT2D eigenvalue weighted by Crippen LogP contribution is 2.28. The van der Waals surface area contributed by atoms with Crippen molar-refractivity contribution in [3.8, 4) is 0 Å². The molecule has 29 heavy (non-hydrogen) atoms. The van der Waals surface area contributed by atoms with Crippen LogP contribution in [0.2, 0.25) is 0 Å². The molecule has 2 aromatic rings. The molecule has 1 aromatic carbocycles. The topological polar surface area (TPSA) is 101 Å². The molecule has 1 fully saturated rings. The zero-order valence-electron chi connectivity index (χ0n) is 16.9. The molecule has 0 radical (unpaired) electrons. The lowest BCUT2D eigenvalue weighted by Gasteiger charge is -2.34. The van der Waals surface area contributed by atoms with Gasteiger partial charge in [0.05, 0.1) is 22.8 Å². The van der Waals surface area contributed by atoms with Gasteiger partial charge in [-0.25, -0.2) is 4.98 Å². The Hall–Kier alpha value is -2.56. The van der Waals surface area contributed by atoms with Crippen LogP contribution in [0.4, 0.5) is 16.5 Å². The highest BCUT2D eigenvalue weighted by atomic mass is 32.1. The average molecular weight is 420 g/mol. The van der Waals surface area contributed by atoms with Crippen LogP contribution in [0.15, 0.2) is 23.6 Å². The molecule has 1 amide bonds. The Balaban J connectivity index is 1.67. The summed E-state index contributed by atoms with van der Waals surface area (Å²) in [7, 11) is 3.43. The molecule has 1 aliphatic rings. The van der Waals surface area contributed by atoms with Crippen molar-refractivity contribution in [3.05, 3.63) is 45.0 Å². The van der Waals surface area contributed by atoms with Gasteiger partial charge in [-0.05, 0) is 26.0 Å². The molecule has 0 spiro atoms. The van der Waals surface area contributed by atoms with E-state index in [1.165, 1.54) is 17.4 Å². The standard InChI is InChI=1S/C19H25N5O4S/c1-12-8-23(9-13(2)28-12)10-15-11-29-19(20-15)21-18(25)14-5-6-16(22(3)4)17(7-14)24(26)27/h5-7,11-13H,8-10H2,1-4H3,(H,20,21,25). The second kappa shape index (κ2) is 8.85. The van der Waals surface area contributed by atoms with E-state index in [0.29, 0.717) is 17.4 Å². The van der Waals surface area contributed by atoms with Crippen LogP contribution in [0.25, 0.3) is 0 Å². The van der Waals surface area contributed by atoms with Crippen molar-refractivity contribution in [1.29, 1.82) is 0 Å². The lowest BCUT2D eigenvalue weighted by atomic mass is 10.1. The van der Waals surface area contributed by atoms with Gasteiger partial charge in [0.1, 0.15) is 5.69 Å². The number of morpholine rings is 1. The molecule has 0 bridgehead atoms. The first kappa shape index (κ1) is 21.2. The number of aromatic nitrogens is 1. The van der Waals surface area contributed by atoms with Crippen molar-refractivity contribution < 1.29 is 14.5 Å². The number of nitro benzene ring substituents is 1. The summed E-state index contributed by atoms with van der Waals surface area (Å²) >= 11 is 1.34. The molecule has 9 nitrogen and oxygen atoms in total. The van der Waals surface area contributed by atoms with E-state index >= 15 is 0 Å². The second-order valence-electron chi connectivity index (χ2n) is 7.40. The Labute approximate surface area is 173 Å². The van der Waals surface area contributed by atoms with Crippen LogP contribution in [-0.2, 0) is 11.3 Å². The molecule has 156 valence electrons. The Morgan fingerprint density at radius 1 is 1.38 bits per heavy atom. The van der Waals surface area contributed by atoms with E-state index in [1.54, 1.807) is 31.1 Å². The fraction of sp³-hybridized carbons (Fsp3) is 0.474. The number of ether oxygens (including phenoxy) is 1. The monoisotopic (exact) mass is 419 g/mol. The maximum atomic E-state index is 12.5. The Kier molecular flexibility index (Phi) is 6.46. The highest BCUT2D eigenvalue weighted by Gasteiger charge is 2.23. The molecular formula is C19H25N5O4S. The third-order valence-corrected chi connectivity index (χ3v) is 5.38. The summed E-state index contributed by atoms with van der Waals surface area (Å²) < 4.78 is 5.74. The third-order valence-electron chi connectivity index (χ3n) is 4.57. The molecule has 1 aliphatic heterocycles. The summed E-state index contributed by atoms with van der Waals surface area (Å²) in [5.74, 6) is -0.423. The number of nitrogens with one attached hydrogen (secondary N) is 1. The van der Waals surface area contributed by atoms with Gasteiger partial charge in [0.15, 0.2) is 5.13 Å². The first-order chi connectivity index (χ1) is 13.7. The van der Waals surface area contributed by atoms with E-state index in [9.17, 15) is 14.9 Å². The highest BCUT2D eigenvalue weighted by molar-refractivity contribution is 7.14. The number of carbonyl (C=O) groups is 1. The van der Waals surface area contributed by atoms with Crippen LogP contribution in [0.5, 0.6) is 0 Å². The van der Waals surface area contributed by atoms with Crippen LogP contribution < -0.4 is 10.2 Å².